The number of para-hydroxylation sites is 2. The van der Waals surface area contributed by atoms with E-state index in [1.165, 1.54) is 26.6 Å². The van der Waals surface area contributed by atoms with E-state index in [9.17, 15) is 8.42 Å². The second-order valence-corrected chi connectivity index (χ2v) is 11.2. The fourth-order valence-corrected chi connectivity index (χ4v) is 5.17. The second-order valence-electron chi connectivity index (χ2n) is 8.87. The molecule has 0 unspecified atom stereocenters. The number of rotatable bonds is 8. The van der Waals surface area contributed by atoms with Crippen LogP contribution in [0.2, 0.25) is 5.15 Å². The van der Waals surface area contributed by atoms with Crippen molar-refractivity contribution >= 4 is 27.4 Å². The van der Waals surface area contributed by atoms with Gasteiger partial charge in [0.2, 0.25) is 11.6 Å². The van der Waals surface area contributed by atoms with Crippen LogP contribution in [0.3, 0.4) is 0 Å². The molecule has 2 aromatic carbocycles. The van der Waals surface area contributed by atoms with Crippen LogP contribution in [-0.2, 0) is 15.4 Å². The fraction of sp³-hybridized carbons (Fsp3) is 0.231. The maximum Gasteiger partial charge on any atom is 0.265 e. The van der Waals surface area contributed by atoms with E-state index >= 15 is 0 Å². The maximum atomic E-state index is 13.7. The highest BCUT2D eigenvalue weighted by Gasteiger charge is 2.39. The van der Waals surface area contributed by atoms with E-state index in [0.717, 1.165) is 22.7 Å². The molecule has 0 bridgehead atoms. The minimum Gasteiger partial charge on any atom is -0.493 e. The number of aromatic nitrogens is 4. The van der Waals surface area contributed by atoms with Crippen LogP contribution in [0.25, 0.3) is 11.6 Å². The van der Waals surface area contributed by atoms with E-state index in [-0.39, 0.29) is 38.7 Å². The summed E-state index contributed by atoms with van der Waals surface area (Å²) < 4.78 is 39.9. The molecule has 1 aliphatic carbocycles. The SMILES string of the molecule is COc1ccccc1Oc1c(Cl)nc(-c2ncccn2)nc1N(C)S(=O)(=O)c1ccc(C2(C)CC2)cc1. The highest BCUT2D eigenvalue weighted by Crippen LogP contribution is 2.48. The van der Waals surface area contributed by atoms with Crippen molar-refractivity contribution in [2.75, 3.05) is 18.5 Å². The molecule has 0 spiro atoms. The van der Waals surface area contributed by atoms with Gasteiger partial charge in [0.15, 0.2) is 28.3 Å². The minimum atomic E-state index is -4.05. The van der Waals surface area contributed by atoms with Gasteiger partial charge in [0, 0.05) is 19.4 Å². The lowest BCUT2D eigenvalue weighted by Gasteiger charge is -2.22. The Labute approximate surface area is 220 Å². The number of hydrogen-bond acceptors (Lipinski definition) is 8. The zero-order valence-electron chi connectivity index (χ0n) is 20.4. The first-order valence-corrected chi connectivity index (χ1v) is 13.3. The molecule has 11 heteroatoms. The van der Waals surface area contributed by atoms with Crippen LogP contribution in [0.15, 0.2) is 71.9 Å². The summed E-state index contributed by atoms with van der Waals surface area (Å²) in [6.07, 6.45) is 5.24. The van der Waals surface area contributed by atoms with Crippen LogP contribution >= 0.6 is 11.6 Å². The Morgan fingerprint density at radius 1 is 0.919 bits per heavy atom. The molecule has 2 aromatic heterocycles. The highest BCUT2D eigenvalue weighted by molar-refractivity contribution is 7.92. The molecule has 4 aromatic rings. The third-order valence-electron chi connectivity index (χ3n) is 6.36. The predicted molar refractivity (Wildman–Crippen MR) is 140 cm³/mol. The lowest BCUT2D eigenvalue weighted by molar-refractivity contribution is 0.378. The second kappa shape index (κ2) is 9.60. The fourth-order valence-electron chi connectivity index (χ4n) is 3.82. The molecule has 1 saturated carbocycles. The first-order chi connectivity index (χ1) is 17.7. The number of hydrogen-bond donors (Lipinski definition) is 0. The quantitative estimate of drug-likeness (QED) is 0.280. The van der Waals surface area contributed by atoms with E-state index in [1.54, 1.807) is 42.5 Å². The largest absolute Gasteiger partial charge is 0.493 e. The summed E-state index contributed by atoms with van der Waals surface area (Å²) in [5.74, 6) is 0.836. The molecule has 9 nitrogen and oxygen atoms in total. The van der Waals surface area contributed by atoms with Crippen LogP contribution in [0.5, 0.6) is 17.2 Å². The molecular weight excluding hydrogens is 514 g/mol. The van der Waals surface area contributed by atoms with Crippen LogP contribution < -0.4 is 13.8 Å². The van der Waals surface area contributed by atoms with Crippen LogP contribution in [0.1, 0.15) is 25.3 Å². The van der Waals surface area contributed by atoms with Gasteiger partial charge in [0.05, 0.1) is 12.0 Å². The predicted octanol–water partition coefficient (Wildman–Crippen LogP) is 5.26. The number of methoxy groups -OCH3 is 1. The molecule has 37 heavy (non-hydrogen) atoms. The van der Waals surface area contributed by atoms with Crippen molar-refractivity contribution in [1.82, 2.24) is 19.9 Å². The summed E-state index contributed by atoms with van der Waals surface area (Å²) >= 11 is 6.55. The molecule has 1 fully saturated rings. The number of ether oxygens (including phenoxy) is 2. The lowest BCUT2D eigenvalue weighted by atomic mass is 9.99. The first-order valence-electron chi connectivity index (χ1n) is 11.5. The Morgan fingerprint density at radius 3 is 2.19 bits per heavy atom. The van der Waals surface area contributed by atoms with Gasteiger partial charge in [-0.1, -0.05) is 42.8 Å². The van der Waals surface area contributed by atoms with Gasteiger partial charge in [-0.3, -0.25) is 0 Å². The number of nitrogens with zero attached hydrogens (tertiary/aromatic N) is 5. The standard InChI is InChI=1S/C26H24ClN5O4S/c1-26(13-14-26)17-9-11-18(12-10-17)37(33,34)32(2)25-21(36-20-8-5-4-7-19(20)35-3)22(27)30-24(31-25)23-28-15-6-16-29-23/h4-12,15-16H,13-14H2,1-3H3. The van der Waals surface area contributed by atoms with Crippen LogP contribution in [0.4, 0.5) is 5.82 Å². The van der Waals surface area contributed by atoms with Gasteiger partial charge in [0.25, 0.3) is 10.0 Å². The van der Waals surface area contributed by atoms with Gasteiger partial charge >= 0.3 is 0 Å². The van der Waals surface area contributed by atoms with Crippen molar-refractivity contribution in [2.24, 2.45) is 0 Å². The highest BCUT2D eigenvalue weighted by atomic mass is 35.5. The number of benzene rings is 2. The van der Waals surface area contributed by atoms with Gasteiger partial charge in [0.1, 0.15) is 0 Å². The Balaban J connectivity index is 1.61. The van der Waals surface area contributed by atoms with Crippen molar-refractivity contribution in [2.45, 2.75) is 30.1 Å². The van der Waals surface area contributed by atoms with Crippen molar-refractivity contribution in [1.29, 1.82) is 0 Å². The van der Waals surface area contributed by atoms with Gasteiger partial charge in [-0.2, -0.15) is 0 Å². The third kappa shape index (κ3) is 4.82. The minimum absolute atomic E-state index is 0.0482. The third-order valence-corrected chi connectivity index (χ3v) is 8.38. The van der Waals surface area contributed by atoms with Gasteiger partial charge in [-0.25, -0.2) is 32.7 Å². The Kier molecular flexibility index (Phi) is 6.47. The van der Waals surface area contributed by atoms with Gasteiger partial charge in [-0.15, -0.1) is 0 Å². The van der Waals surface area contributed by atoms with E-state index in [2.05, 4.69) is 26.9 Å². The average molecular weight is 538 g/mol. The maximum absolute atomic E-state index is 13.7. The normalized spacial score (nSPS) is 14.2. The molecule has 0 atom stereocenters. The summed E-state index contributed by atoms with van der Waals surface area (Å²) in [4.78, 5) is 17.2. The zero-order valence-corrected chi connectivity index (χ0v) is 22.0. The molecule has 190 valence electrons. The van der Waals surface area contributed by atoms with Crippen LogP contribution in [-0.4, -0.2) is 42.5 Å². The summed E-state index contributed by atoms with van der Waals surface area (Å²) in [5, 5.41) is -0.114. The Hall–Kier alpha value is -3.76. The summed E-state index contributed by atoms with van der Waals surface area (Å²) in [6, 6.07) is 15.5. The molecular formula is C26H24ClN5O4S. The van der Waals surface area contributed by atoms with E-state index < -0.39 is 10.0 Å². The monoisotopic (exact) mass is 537 g/mol. The first kappa shape index (κ1) is 24.9. The van der Waals surface area contributed by atoms with E-state index in [0.29, 0.717) is 11.5 Å². The molecule has 0 aliphatic heterocycles. The van der Waals surface area contributed by atoms with Crippen LogP contribution in [0, 0.1) is 0 Å². The molecule has 1 aliphatic rings. The number of halogens is 1. The average Bonchev–Trinajstić information content (AvgIpc) is 3.68. The van der Waals surface area contributed by atoms with Crippen molar-refractivity contribution in [3.05, 3.63) is 77.7 Å². The van der Waals surface area contributed by atoms with Crippen molar-refractivity contribution < 1.29 is 17.9 Å². The smallest absolute Gasteiger partial charge is 0.265 e. The molecule has 5 rings (SSSR count). The zero-order chi connectivity index (χ0) is 26.2. The molecule has 0 saturated heterocycles. The summed E-state index contributed by atoms with van der Waals surface area (Å²) in [5.41, 5.74) is 1.23. The molecule has 0 N–H and O–H groups in total. The van der Waals surface area contributed by atoms with Crippen molar-refractivity contribution in [3.63, 3.8) is 0 Å². The molecule has 0 radical (unpaired) electrons. The van der Waals surface area contributed by atoms with E-state index in [1.807, 2.05) is 12.1 Å². The van der Waals surface area contributed by atoms with Crippen molar-refractivity contribution in [3.8, 4) is 28.9 Å². The van der Waals surface area contributed by atoms with Gasteiger partial charge in [-0.05, 0) is 54.2 Å². The topological polar surface area (TPSA) is 107 Å². The Bertz CT molecular complexity index is 1550. The van der Waals surface area contributed by atoms with Gasteiger partial charge < -0.3 is 9.47 Å². The summed E-state index contributed by atoms with van der Waals surface area (Å²) in [6.45, 7) is 2.17. The molecule has 2 heterocycles. The number of anilines is 1. The lowest BCUT2D eigenvalue weighted by Crippen LogP contribution is -2.28. The van der Waals surface area contributed by atoms with E-state index in [4.69, 9.17) is 21.1 Å². The Morgan fingerprint density at radius 2 is 1.57 bits per heavy atom. The molecule has 0 amide bonds. The number of sulfonamides is 1. The summed E-state index contributed by atoms with van der Waals surface area (Å²) in [7, 11) is -1.16.